The van der Waals surface area contributed by atoms with Crippen molar-refractivity contribution in [3.63, 3.8) is 0 Å². The highest BCUT2D eigenvalue weighted by Crippen LogP contribution is 2.20. The Kier molecular flexibility index (Phi) is 5.73. The van der Waals surface area contributed by atoms with Crippen LogP contribution in [-0.4, -0.2) is 39.5 Å². The molecule has 3 N–H and O–H groups in total. The molecule has 2 aromatic carbocycles. The maximum atomic E-state index is 10.6. The molecule has 0 radical (unpaired) electrons. The molecule has 136 valence electrons. The molecular weight excluding hydrogens is 326 g/mol. The summed E-state index contributed by atoms with van der Waals surface area (Å²) in [5.41, 5.74) is 3.78. The molecule has 0 fully saturated rings. The normalized spacial score (nSPS) is 13.6. The van der Waals surface area contributed by atoms with E-state index >= 15 is 0 Å². The van der Waals surface area contributed by atoms with Crippen LogP contribution in [0.15, 0.2) is 73.1 Å². The molecular formula is C21H25N3O2. The molecule has 0 spiro atoms. The Balaban J connectivity index is 1.63. The predicted octanol–water partition coefficient (Wildman–Crippen LogP) is 3.14. The quantitative estimate of drug-likeness (QED) is 0.572. The van der Waals surface area contributed by atoms with E-state index in [4.69, 9.17) is 0 Å². The number of nitrogens with one attached hydrogen (secondary N) is 1. The first-order valence-electron chi connectivity index (χ1n) is 8.66. The van der Waals surface area contributed by atoms with E-state index in [0.717, 1.165) is 16.9 Å². The third-order valence-corrected chi connectivity index (χ3v) is 4.33. The monoisotopic (exact) mass is 351 g/mol. The van der Waals surface area contributed by atoms with Gasteiger partial charge in [-0.3, -0.25) is 4.90 Å². The summed E-state index contributed by atoms with van der Waals surface area (Å²) in [6, 6.07) is 19.5. The fourth-order valence-corrected chi connectivity index (χ4v) is 2.87. The minimum absolute atomic E-state index is 0.281. The van der Waals surface area contributed by atoms with E-state index in [2.05, 4.69) is 5.32 Å². The minimum Gasteiger partial charge on any atom is -0.374 e. The van der Waals surface area contributed by atoms with E-state index in [1.807, 2.05) is 84.5 Å². The van der Waals surface area contributed by atoms with Gasteiger partial charge in [0, 0.05) is 30.3 Å². The van der Waals surface area contributed by atoms with Gasteiger partial charge in [0.25, 0.3) is 0 Å². The van der Waals surface area contributed by atoms with Crippen LogP contribution in [0.3, 0.4) is 0 Å². The van der Waals surface area contributed by atoms with Gasteiger partial charge in [-0.05, 0) is 55.9 Å². The van der Waals surface area contributed by atoms with E-state index in [-0.39, 0.29) is 6.54 Å². The maximum absolute atomic E-state index is 10.6. The smallest absolute Gasteiger partial charge is 0.137 e. The lowest BCUT2D eigenvalue weighted by Crippen LogP contribution is -2.36. The number of likely N-dealkylation sites (N-methyl/N-ethyl adjacent to an activating group) is 1. The number of hydrogen-bond donors (Lipinski definition) is 3. The van der Waals surface area contributed by atoms with Gasteiger partial charge < -0.3 is 20.1 Å². The predicted molar refractivity (Wildman–Crippen MR) is 104 cm³/mol. The summed E-state index contributed by atoms with van der Waals surface area (Å²) in [7, 11) is 1.78. The van der Waals surface area contributed by atoms with Crippen molar-refractivity contribution in [2.75, 3.05) is 18.9 Å². The lowest BCUT2D eigenvalue weighted by molar-refractivity contribution is -0.00227. The summed E-state index contributed by atoms with van der Waals surface area (Å²) < 4.78 is 1.99. The number of aromatic nitrogens is 1. The molecule has 0 aliphatic carbocycles. The van der Waals surface area contributed by atoms with Crippen molar-refractivity contribution in [3.05, 3.63) is 84.2 Å². The van der Waals surface area contributed by atoms with Gasteiger partial charge in [-0.15, -0.1) is 0 Å². The minimum atomic E-state index is -0.806. The van der Waals surface area contributed by atoms with Crippen molar-refractivity contribution >= 4 is 5.69 Å². The van der Waals surface area contributed by atoms with Gasteiger partial charge in [-0.1, -0.05) is 29.8 Å². The van der Waals surface area contributed by atoms with Crippen molar-refractivity contribution < 1.29 is 10.2 Å². The highest BCUT2D eigenvalue weighted by Gasteiger charge is 2.17. The van der Waals surface area contributed by atoms with E-state index < -0.39 is 12.5 Å². The van der Waals surface area contributed by atoms with E-state index in [1.165, 1.54) is 5.56 Å². The molecule has 0 saturated carbocycles. The highest BCUT2D eigenvalue weighted by molar-refractivity contribution is 5.44. The lowest BCUT2D eigenvalue weighted by atomic mass is 10.1. The Labute approximate surface area is 154 Å². The second kappa shape index (κ2) is 8.19. The molecule has 0 bridgehead atoms. The molecule has 2 atom stereocenters. The zero-order chi connectivity index (χ0) is 18.5. The summed E-state index contributed by atoms with van der Waals surface area (Å²) in [5.74, 6) is 0. The maximum Gasteiger partial charge on any atom is 0.137 e. The van der Waals surface area contributed by atoms with Gasteiger partial charge in [0.15, 0.2) is 0 Å². The standard InChI is InChI=1S/C21H25N3O2/c1-16-8-10-18(11-9-16)22-20(25)15-23(2)21(26)17-6-5-7-19(14-17)24-12-3-4-13-24/h3-14,20-22,25-26H,15H2,1-2H3. The van der Waals surface area contributed by atoms with Crippen LogP contribution in [-0.2, 0) is 0 Å². The number of aliphatic hydroxyl groups is 2. The fourth-order valence-electron chi connectivity index (χ4n) is 2.87. The second-order valence-corrected chi connectivity index (χ2v) is 6.52. The number of hydrogen-bond acceptors (Lipinski definition) is 4. The van der Waals surface area contributed by atoms with Crippen molar-refractivity contribution in [2.45, 2.75) is 19.4 Å². The second-order valence-electron chi connectivity index (χ2n) is 6.52. The average Bonchev–Trinajstić information content (AvgIpc) is 3.18. The van der Waals surface area contributed by atoms with Crippen LogP contribution in [0.4, 0.5) is 5.69 Å². The molecule has 26 heavy (non-hydrogen) atoms. The van der Waals surface area contributed by atoms with Crippen LogP contribution in [0, 0.1) is 6.92 Å². The molecule has 0 aliphatic rings. The SMILES string of the molecule is Cc1ccc(NC(O)CN(C)C(O)c2cccc(-n3cccc3)c2)cc1. The van der Waals surface area contributed by atoms with Crippen molar-refractivity contribution in [2.24, 2.45) is 0 Å². The van der Waals surface area contributed by atoms with E-state index in [9.17, 15) is 10.2 Å². The first kappa shape index (κ1) is 18.2. The van der Waals surface area contributed by atoms with Gasteiger partial charge in [0.1, 0.15) is 12.5 Å². The molecule has 1 aromatic heterocycles. The Morgan fingerprint density at radius 2 is 1.69 bits per heavy atom. The first-order chi connectivity index (χ1) is 12.5. The van der Waals surface area contributed by atoms with Crippen LogP contribution in [0.1, 0.15) is 17.4 Å². The van der Waals surface area contributed by atoms with Gasteiger partial charge in [0.05, 0.1) is 0 Å². The topological polar surface area (TPSA) is 60.7 Å². The number of aliphatic hydroxyl groups excluding tert-OH is 2. The summed E-state index contributed by atoms with van der Waals surface area (Å²) in [6.07, 6.45) is 2.33. The first-order valence-corrected chi connectivity index (χ1v) is 8.66. The molecule has 3 rings (SSSR count). The van der Waals surface area contributed by atoms with Crippen LogP contribution in [0.25, 0.3) is 5.69 Å². The van der Waals surface area contributed by atoms with Gasteiger partial charge in [0.2, 0.25) is 0 Å². The molecule has 3 aromatic rings. The van der Waals surface area contributed by atoms with Crippen molar-refractivity contribution in [3.8, 4) is 5.69 Å². The molecule has 0 amide bonds. The number of aryl methyl sites for hydroxylation is 1. The van der Waals surface area contributed by atoms with E-state index in [0.29, 0.717) is 0 Å². The average molecular weight is 351 g/mol. The Morgan fingerprint density at radius 3 is 2.38 bits per heavy atom. The van der Waals surface area contributed by atoms with Crippen LogP contribution in [0.5, 0.6) is 0 Å². The molecule has 1 heterocycles. The third kappa shape index (κ3) is 4.52. The van der Waals surface area contributed by atoms with Crippen LogP contribution < -0.4 is 5.32 Å². The Morgan fingerprint density at radius 1 is 1.00 bits per heavy atom. The summed E-state index contributed by atoms with van der Waals surface area (Å²) in [6.45, 7) is 2.30. The largest absolute Gasteiger partial charge is 0.374 e. The molecule has 0 aliphatic heterocycles. The van der Waals surface area contributed by atoms with Crippen LogP contribution >= 0.6 is 0 Å². The zero-order valence-corrected chi connectivity index (χ0v) is 15.1. The zero-order valence-electron chi connectivity index (χ0n) is 15.1. The number of rotatable bonds is 7. The summed E-state index contributed by atoms with van der Waals surface area (Å²) >= 11 is 0. The number of benzene rings is 2. The van der Waals surface area contributed by atoms with Crippen molar-refractivity contribution in [1.29, 1.82) is 0 Å². The molecule has 2 unspecified atom stereocenters. The highest BCUT2D eigenvalue weighted by atomic mass is 16.3. The van der Waals surface area contributed by atoms with Gasteiger partial charge in [-0.25, -0.2) is 0 Å². The number of nitrogens with zero attached hydrogens (tertiary/aromatic N) is 2. The summed E-state index contributed by atoms with van der Waals surface area (Å²) in [5, 5.41) is 24.0. The van der Waals surface area contributed by atoms with E-state index in [1.54, 1.807) is 11.9 Å². The van der Waals surface area contributed by atoms with Gasteiger partial charge in [-0.2, -0.15) is 0 Å². The Bertz CT molecular complexity index is 816. The molecule has 5 nitrogen and oxygen atoms in total. The van der Waals surface area contributed by atoms with Crippen LogP contribution in [0.2, 0.25) is 0 Å². The summed E-state index contributed by atoms with van der Waals surface area (Å²) in [4.78, 5) is 1.71. The number of anilines is 1. The van der Waals surface area contributed by atoms with Gasteiger partial charge >= 0.3 is 0 Å². The lowest BCUT2D eigenvalue weighted by Gasteiger charge is -2.27. The third-order valence-electron chi connectivity index (χ3n) is 4.33. The Hall–Kier alpha value is -2.60. The fraction of sp³-hybridized carbons (Fsp3) is 0.238. The molecule has 5 heteroatoms. The van der Waals surface area contributed by atoms with Crippen molar-refractivity contribution in [1.82, 2.24) is 9.47 Å². The molecule has 0 saturated heterocycles.